The topological polar surface area (TPSA) is 21.1 Å². The largest absolute Gasteiger partial charge is 0.325 e. The van der Waals surface area contributed by atoms with Crippen LogP contribution in [0.25, 0.3) is 11.0 Å². The lowest BCUT2D eigenvalue weighted by molar-refractivity contribution is 0.357. The molecule has 0 radical (unpaired) electrons. The number of aryl methyl sites for hydroxylation is 1. The van der Waals surface area contributed by atoms with Crippen molar-refractivity contribution in [2.24, 2.45) is 0 Å². The zero-order valence-corrected chi connectivity index (χ0v) is 14.9. The summed E-state index contributed by atoms with van der Waals surface area (Å²) < 4.78 is 16.4. The molecule has 0 amide bonds. The van der Waals surface area contributed by atoms with Gasteiger partial charge in [0.25, 0.3) is 0 Å². The Morgan fingerprint density at radius 2 is 2.14 bits per heavy atom. The van der Waals surface area contributed by atoms with E-state index in [2.05, 4.69) is 51.4 Å². The summed E-state index contributed by atoms with van der Waals surface area (Å²) in [7, 11) is 4.12. The number of nitrogens with zero attached hydrogens (tertiary/aromatic N) is 3. The number of fused-ring (bicyclic) bond motifs is 1. The molecule has 2 rings (SSSR count). The third-order valence-corrected chi connectivity index (χ3v) is 4.35. The standard InChI is InChI=1S/C15H20BrClFN3/c1-10(5-7-20(2)3)21-14-8-11(16)12(18)9-13(14)19-15(21)4-6-17/h8-10H,4-7H2,1-3H3. The highest BCUT2D eigenvalue weighted by molar-refractivity contribution is 9.10. The van der Waals surface area contributed by atoms with Gasteiger partial charge in [-0.05, 0) is 56.0 Å². The van der Waals surface area contributed by atoms with Crippen LogP contribution >= 0.6 is 27.5 Å². The highest BCUT2D eigenvalue weighted by atomic mass is 79.9. The van der Waals surface area contributed by atoms with E-state index < -0.39 is 0 Å². The maximum Gasteiger partial charge on any atom is 0.139 e. The molecule has 21 heavy (non-hydrogen) atoms. The van der Waals surface area contributed by atoms with Crippen LogP contribution in [0.5, 0.6) is 0 Å². The van der Waals surface area contributed by atoms with Gasteiger partial charge in [0.05, 0.1) is 15.5 Å². The smallest absolute Gasteiger partial charge is 0.139 e. The zero-order chi connectivity index (χ0) is 15.6. The van der Waals surface area contributed by atoms with Crippen LogP contribution < -0.4 is 0 Å². The van der Waals surface area contributed by atoms with E-state index >= 15 is 0 Å². The van der Waals surface area contributed by atoms with E-state index in [0.29, 0.717) is 22.3 Å². The molecule has 116 valence electrons. The number of hydrogen-bond donors (Lipinski definition) is 0. The quantitative estimate of drug-likeness (QED) is 0.703. The monoisotopic (exact) mass is 375 g/mol. The van der Waals surface area contributed by atoms with Crippen LogP contribution in [0.1, 0.15) is 25.2 Å². The van der Waals surface area contributed by atoms with Crippen molar-refractivity contribution in [1.82, 2.24) is 14.5 Å². The van der Waals surface area contributed by atoms with E-state index in [1.54, 1.807) is 0 Å². The van der Waals surface area contributed by atoms with Gasteiger partial charge in [-0.1, -0.05) is 0 Å². The minimum absolute atomic E-state index is 0.285. The summed E-state index contributed by atoms with van der Waals surface area (Å²) in [6.07, 6.45) is 1.69. The van der Waals surface area contributed by atoms with Crippen molar-refractivity contribution >= 4 is 38.6 Å². The Kier molecular flexibility index (Phi) is 5.63. The van der Waals surface area contributed by atoms with Crippen molar-refractivity contribution in [2.45, 2.75) is 25.8 Å². The molecule has 0 aliphatic rings. The van der Waals surface area contributed by atoms with Gasteiger partial charge < -0.3 is 9.47 Å². The molecule has 0 aliphatic heterocycles. The van der Waals surface area contributed by atoms with Gasteiger partial charge in [0.1, 0.15) is 11.6 Å². The molecule has 2 aromatic rings. The number of hydrogen-bond acceptors (Lipinski definition) is 2. The summed E-state index contributed by atoms with van der Waals surface area (Å²) in [5, 5.41) is 0. The summed E-state index contributed by atoms with van der Waals surface area (Å²) in [5.41, 5.74) is 1.64. The Labute approximate surface area is 138 Å². The number of aromatic nitrogens is 2. The first-order chi connectivity index (χ1) is 9.93. The maximum absolute atomic E-state index is 13.7. The second-order valence-corrected chi connectivity index (χ2v) is 6.77. The van der Waals surface area contributed by atoms with Crippen molar-refractivity contribution in [3.8, 4) is 0 Å². The second-order valence-electron chi connectivity index (χ2n) is 5.53. The molecule has 1 heterocycles. The Morgan fingerprint density at radius 1 is 1.43 bits per heavy atom. The van der Waals surface area contributed by atoms with E-state index in [1.165, 1.54) is 6.07 Å². The van der Waals surface area contributed by atoms with Gasteiger partial charge in [0, 0.05) is 24.4 Å². The molecule has 1 aromatic heterocycles. The summed E-state index contributed by atoms with van der Waals surface area (Å²) in [6.45, 7) is 3.16. The molecule has 0 spiro atoms. The fourth-order valence-electron chi connectivity index (χ4n) is 2.47. The van der Waals surface area contributed by atoms with Crippen LogP contribution in [0.3, 0.4) is 0 Å². The molecular formula is C15H20BrClFN3. The summed E-state index contributed by atoms with van der Waals surface area (Å²) in [5.74, 6) is 1.14. The normalized spacial score (nSPS) is 13.3. The lowest BCUT2D eigenvalue weighted by Crippen LogP contribution is -2.18. The fraction of sp³-hybridized carbons (Fsp3) is 0.533. The van der Waals surface area contributed by atoms with Crippen LogP contribution in [-0.4, -0.2) is 41.0 Å². The first-order valence-corrected chi connectivity index (χ1v) is 8.33. The predicted molar refractivity (Wildman–Crippen MR) is 89.7 cm³/mol. The molecule has 0 fully saturated rings. The fourth-order valence-corrected chi connectivity index (χ4v) is 2.97. The van der Waals surface area contributed by atoms with Crippen molar-refractivity contribution in [1.29, 1.82) is 0 Å². The third kappa shape index (κ3) is 3.76. The van der Waals surface area contributed by atoms with Gasteiger partial charge in [-0.2, -0.15) is 0 Å². The van der Waals surface area contributed by atoms with Crippen molar-refractivity contribution in [2.75, 3.05) is 26.5 Å². The minimum atomic E-state index is -0.287. The van der Waals surface area contributed by atoms with E-state index in [-0.39, 0.29) is 11.9 Å². The molecule has 1 unspecified atom stereocenters. The number of benzene rings is 1. The van der Waals surface area contributed by atoms with Crippen molar-refractivity contribution in [3.05, 3.63) is 28.2 Å². The lowest BCUT2D eigenvalue weighted by atomic mass is 10.2. The third-order valence-electron chi connectivity index (χ3n) is 3.56. The Morgan fingerprint density at radius 3 is 2.76 bits per heavy atom. The molecule has 6 heteroatoms. The molecule has 0 N–H and O–H groups in total. The lowest BCUT2D eigenvalue weighted by Gasteiger charge is -2.19. The number of imidazole rings is 1. The highest BCUT2D eigenvalue weighted by Gasteiger charge is 2.17. The first-order valence-electron chi connectivity index (χ1n) is 7.00. The Bertz CT molecular complexity index is 627. The summed E-state index contributed by atoms with van der Waals surface area (Å²) in [4.78, 5) is 6.72. The van der Waals surface area contributed by atoms with Crippen molar-refractivity contribution < 1.29 is 4.39 Å². The Hall–Kier alpha value is -0.650. The van der Waals surface area contributed by atoms with Crippen LogP contribution in [0, 0.1) is 5.82 Å². The van der Waals surface area contributed by atoms with E-state index in [0.717, 1.165) is 24.3 Å². The first kappa shape index (κ1) is 16.7. The average molecular weight is 377 g/mol. The number of rotatable bonds is 6. The second kappa shape index (κ2) is 7.07. The minimum Gasteiger partial charge on any atom is -0.325 e. The Balaban J connectivity index is 2.47. The zero-order valence-electron chi connectivity index (χ0n) is 12.5. The van der Waals surface area contributed by atoms with Gasteiger partial charge in [0.15, 0.2) is 0 Å². The molecule has 0 saturated heterocycles. The molecular weight excluding hydrogens is 357 g/mol. The number of alkyl halides is 1. The van der Waals surface area contributed by atoms with E-state index in [4.69, 9.17) is 11.6 Å². The van der Waals surface area contributed by atoms with E-state index in [9.17, 15) is 4.39 Å². The van der Waals surface area contributed by atoms with Crippen LogP contribution in [0.4, 0.5) is 4.39 Å². The molecule has 1 atom stereocenters. The van der Waals surface area contributed by atoms with E-state index in [1.807, 2.05) is 6.07 Å². The summed E-state index contributed by atoms with van der Waals surface area (Å²) >= 11 is 9.15. The van der Waals surface area contributed by atoms with Gasteiger partial charge >= 0.3 is 0 Å². The number of halogens is 3. The summed E-state index contributed by atoms with van der Waals surface area (Å²) in [6, 6.07) is 3.57. The predicted octanol–water partition coefficient (Wildman–Crippen LogP) is 4.23. The highest BCUT2D eigenvalue weighted by Crippen LogP contribution is 2.28. The van der Waals surface area contributed by atoms with Gasteiger partial charge in [-0.3, -0.25) is 0 Å². The van der Waals surface area contributed by atoms with Gasteiger partial charge in [-0.15, -0.1) is 11.6 Å². The van der Waals surface area contributed by atoms with Crippen LogP contribution in [0.15, 0.2) is 16.6 Å². The molecule has 0 saturated carbocycles. The van der Waals surface area contributed by atoms with Gasteiger partial charge in [-0.25, -0.2) is 9.37 Å². The molecule has 0 bridgehead atoms. The van der Waals surface area contributed by atoms with Crippen LogP contribution in [0.2, 0.25) is 0 Å². The SMILES string of the molecule is CC(CCN(C)C)n1c(CCCl)nc2cc(F)c(Br)cc21. The molecule has 0 aliphatic carbocycles. The van der Waals surface area contributed by atoms with Crippen molar-refractivity contribution in [3.63, 3.8) is 0 Å². The molecule has 1 aromatic carbocycles. The molecule has 3 nitrogen and oxygen atoms in total. The average Bonchev–Trinajstić information content (AvgIpc) is 2.74. The maximum atomic E-state index is 13.7. The van der Waals surface area contributed by atoms with Gasteiger partial charge in [0.2, 0.25) is 0 Å². The van der Waals surface area contributed by atoms with Crippen LogP contribution in [-0.2, 0) is 6.42 Å².